The number of benzene rings is 2. The summed E-state index contributed by atoms with van der Waals surface area (Å²) < 4.78 is 23.2. The Bertz CT molecular complexity index is 1200. The number of rotatable bonds is 8. The number of ether oxygens (including phenoxy) is 4. The Morgan fingerprint density at radius 2 is 1.89 bits per heavy atom. The summed E-state index contributed by atoms with van der Waals surface area (Å²) in [7, 11) is 0. The van der Waals surface area contributed by atoms with Crippen molar-refractivity contribution in [2.45, 2.75) is 26.1 Å². The predicted molar refractivity (Wildman–Crippen MR) is 130 cm³/mol. The van der Waals surface area contributed by atoms with E-state index in [2.05, 4.69) is 16.8 Å². The largest absolute Gasteiger partial charge is 0.488 e. The Balaban J connectivity index is 1.61. The van der Waals surface area contributed by atoms with Gasteiger partial charge in [-0.2, -0.15) is 0 Å². The highest BCUT2D eigenvalue weighted by Gasteiger charge is 2.17. The molecule has 8 nitrogen and oxygen atoms in total. The molecule has 1 aliphatic heterocycles. The molecule has 0 bridgehead atoms. The molecule has 1 atom stereocenters. The molecule has 35 heavy (non-hydrogen) atoms. The van der Waals surface area contributed by atoms with Gasteiger partial charge in [0.1, 0.15) is 30.8 Å². The molecule has 8 heteroatoms. The lowest BCUT2D eigenvalue weighted by Gasteiger charge is -2.23. The summed E-state index contributed by atoms with van der Waals surface area (Å²) in [5.74, 6) is 7.17. The molecular formula is C27H26N2O6. The zero-order chi connectivity index (χ0) is 24.5. The lowest BCUT2D eigenvalue weighted by molar-refractivity contribution is -0.384. The molecule has 3 aromatic rings. The number of pyridine rings is 1. The number of nitrogens with zero attached hydrogens (tertiary/aromatic N) is 2. The highest BCUT2D eigenvalue weighted by molar-refractivity contribution is 5.51. The van der Waals surface area contributed by atoms with Gasteiger partial charge in [0.2, 0.25) is 5.88 Å². The van der Waals surface area contributed by atoms with Crippen molar-refractivity contribution in [2.75, 3.05) is 26.4 Å². The predicted octanol–water partition coefficient (Wildman–Crippen LogP) is 4.33. The maximum Gasteiger partial charge on any atom is 0.269 e. The van der Waals surface area contributed by atoms with E-state index in [0.29, 0.717) is 62.3 Å². The first-order chi connectivity index (χ1) is 17.1. The third-order valence-corrected chi connectivity index (χ3v) is 5.36. The minimum atomic E-state index is -0.438. The molecule has 1 aromatic heterocycles. The summed E-state index contributed by atoms with van der Waals surface area (Å²) >= 11 is 0. The number of non-ortho nitro benzene ring substituents is 1. The Kier molecular flexibility index (Phi) is 8.28. The van der Waals surface area contributed by atoms with Crippen molar-refractivity contribution in [3.63, 3.8) is 0 Å². The van der Waals surface area contributed by atoms with Crippen LogP contribution in [-0.4, -0.2) is 42.4 Å². The molecule has 180 valence electrons. The van der Waals surface area contributed by atoms with Gasteiger partial charge < -0.3 is 18.9 Å². The SMILES string of the molecule is CCc1c(OCc2ccccc2)cc(OCC2COCCO2)nc1C#Cc1ccc([N+](=O)[O-])cc1. The van der Waals surface area contributed by atoms with E-state index in [1.807, 2.05) is 37.3 Å². The fraction of sp³-hybridized carbons (Fsp3) is 0.296. The first-order valence-corrected chi connectivity index (χ1v) is 11.4. The Hall–Kier alpha value is -3.93. The molecule has 4 rings (SSSR count). The number of hydrogen-bond donors (Lipinski definition) is 0. The molecule has 0 saturated carbocycles. The summed E-state index contributed by atoms with van der Waals surface area (Å²) in [6.45, 7) is 4.29. The van der Waals surface area contributed by atoms with E-state index in [9.17, 15) is 10.1 Å². The van der Waals surface area contributed by atoms with Crippen LogP contribution in [0.1, 0.15) is 29.3 Å². The van der Waals surface area contributed by atoms with Crippen LogP contribution >= 0.6 is 0 Å². The second-order valence-electron chi connectivity index (χ2n) is 7.85. The average Bonchev–Trinajstić information content (AvgIpc) is 2.90. The molecule has 2 heterocycles. The van der Waals surface area contributed by atoms with Gasteiger partial charge in [-0.3, -0.25) is 10.1 Å². The van der Waals surface area contributed by atoms with Crippen molar-refractivity contribution >= 4 is 5.69 Å². The quantitative estimate of drug-likeness (QED) is 0.273. The fourth-order valence-corrected chi connectivity index (χ4v) is 3.52. The summed E-state index contributed by atoms with van der Waals surface area (Å²) in [6.07, 6.45) is 0.487. The number of hydrogen-bond acceptors (Lipinski definition) is 7. The molecule has 0 amide bonds. The monoisotopic (exact) mass is 474 g/mol. The molecular weight excluding hydrogens is 448 g/mol. The maximum atomic E-state index is 10.9. The van der Waals surface area contributed by atoms with Crippen LogP contribution in [0.25, 0.3) is 0 Å². The molecule has 0 N–H and O–H groups in total. The van der Waals surface area contributed by atoms with Gasteiger partial charge >= 0.3 is 0 Å². The molecule has 0 radical (unpaired) electrons. The lowest BCUT2D eigenvalue weighted by Crippen LogP contribution is -2.33. The number of aromatic nitrogens is 1. The van der Waals surface area contributed by atoms with Gasteiger partial charge in [-0.15, -0.1) is 0 Å². The van der Waals surface area contributed by atoms with E-state index in [-0.39, 0.29) is 11.8 Å². The van der Waals surface area contributed by atoms with Gasteiger partial charge in [0.25, 0.3) is 5.69 Å². The second kappa shape index (κ2) is 12.0. The number of nitro groups is 1. The first-order valence-electron chi connectivity index (χ1n) is 11.4. The van der Waals surface area contributed by atoms with Crippen molar-refractivity contribution in [1.82, 2.24) is 4.98 Å². The van der Waals surface area contributed by atoms with Crippen molar-refractivity contribution in [2.24, 2.45) is 0 Å². The summed E-state index contributed by atoms with van der Waals surface area (Å²) in [5, 5.41) is 10.9. The standard InChI is InChI=1S/C27H26N2O6/c1-2-24-25(13-10-20-8-11-22(12-9-20)29(30)31)28-27(35-19-23-18-32-14-15-33-23)16-26(24)34-17-21-6-4-3-5-7-21/h3-9,11-12,16,23H,2,14-15,17-19H2,1H3. The molecule has 0 spiro atoms. The van der Waals surface area contributed by atoms with Gasteiger partial charge in [-0.05, 0) is 30.0 Å². The molecule has 2 aromatic carbocycles. The van der Waals surface area contributed by atoms with Crippen LogP contribution in [0, 0.1) is 22.0 Å². The maximum absolute atomic E-state index is 10.9. The van der Waals surface area contributed by atoms with Crippen LogP contribution in [0.15, 0.2) is 60.7 Å². The summed E-state index contributed by atoms with van der Waals surface area (Å²) in [6, 6.07) is 17.8. The van der Waals surface area contributed by atoms with Crippen LogP contribution in [-0.2, 0) is 22.5 Å². The van der Waals surface area contributed by atoms with Gasteiger partial charge in [0.05, 0.1) is 24.7 Å². The van der Waals surface area contributed by atoms with E-state index in [4.69, 9.17) is 18.9 Å². The normalized spacial score (nSPS) is 15.1. The van der Waals surface area contributed by atoms with E-state index in [1.165, 1.54) is 12.1 Å². The smallest absolute Gasteiger partial charge is 0.269 e. The van der Waals surface area contributed by atoms with E-state index < -0.39 is 4.92 Å². The van der Waals surface area contributed by atoms with Gasteiger partial charge in [-0.1, -0.05) is 43.2 Å². The Labute approximate surface area is 204 Å². The molecule has 1 fully saturated rings. The average molecular weight is 475 g/mol. The minimum Gasteiger partial charge on any atom is -0.488 e. The van der Waals surface area contributed by atoms with Crippen LogP contribution in [0.2, 0.25) is 0 Å². The van der Waals surface area contributed by atoms with Gasteiger partial charge in [-0.25, -0.2) is 4.98 Å². The van der Waals surface area contributed by atoms with Crippen molar-refractivity contribution < 1.29 is 23.9 Å². The van der Waals surface area contributed by atoms with E-state index in [0.717, 1.165) is 11.1 Å². The third kappa shape index (κ3) is 6.79. The molecule has 1 saturated heterocycles. The van der Waals surface area contributed by atoms with Crippen molar-refractivity contribution in [3.8, 4) is 23.5 Å². The summed E-state index contributed by atoms with van der Waals surface area (Å²) in [4.78, 5) is 15.1. The van der Waals surface area contributed by atoms with Gasteiger partial charge in [0.15, 0.2) is 0 Å². The zero-order valence-electron chi connectivity index (χ0n) is 19.4. The Morgan fingerprint density at radius 1 is 1.09 bits per heavy atom. The van der Waals surface area contributed by atoms with Crippen molar-refractivity contribution in [1.29, 1.82) is 0 Å². The van der Waals surface area contributed by atoms with E-state index >= 15 is 0 Å². The van der Waals surface area contributed by atoms with Gasteiger partial charge in [0, 0.05) is 29.3 Å². The molecule has 1 aliphatic rings. The van der Waals surface area contributed by atoms with Crippen LogP contribution in [0.5, 0.6) is 11.6 Å². The Morgan fingerprint density at radius 3 is 2.57 bits per heavy atom. The van der Waals surface area contributed by atoms with Crippen LogP contribution < -0.4 is 9.47 Å². The minimum absolute atomic E-state index is 0.0174. The molecule has 1 unspecified atom stereocenters. The molecule has 0 aliphatic carbocycles. The van der Waals surface area contributed by atoms with Crippen molar-refractivity contribution in [3.05, 3.63) is 93.2 Å². The zero-order valence-corrected chi connectivity index (χ0v) is 19.4. The van der Waals surface area contributed by atoms with Crippen LogP contribution in [0.3, 0.4) is 0 Å². The van der Waals surface area contributed by atoms with Crippen LogP contribution in [0.4, 0.5) is 5.69 Å². The highest BCUT2D eigenvalue weighted by atomic mass is 16.6. The topological polar surface area (TPSA) is 93.0 Å². The van der Waals surface area contributed by atoms with E-state index in [1.54, 1.807) is 18.2 Å². The highest BCUT2D eigenvalue weighted by Crippen LogP contribution is 2.28. The summed E-state index contributed by atoms with van der Waals surface area (Å²) in [5.41, 5.74) is 3.10. The number of nitro benzene ring substituents is 1. The second-order valence-corrected chi connectivity index (χ2v) is 7.85. The third-order valence-electron chi connectivity index (χ3n) is 5.36. The first kappa shape index (κ1) is 24.2. The lowest BCUT2D eigenvalue weighted by atomic mass is 10.1. The fourth-order valence-electron chi connectivity index (χ4n) is 3.52.